The number of carbonyl (C=O) groups excluding carboxylic acids is 2. The van der Waals surface area contributed by atoms with Crippen LogP contribution in [0.25, 0.3) is 11.0 Å². The van der Waals surface area contributed by atoms with Crippen LogP contribution in [-0.4, -0.2) is 39.5 Å². The van der Waals surface area contributed by atoms with Crippen LogP contribution in [0.2, 0.25) is 0 Å². The van der Waals surface area contributed by atoms with Crippen molar-refractivity contribution >= 4 is 22.9 Å². The topological polar surface area (TPSA) is 86.1 Å². The number of esters is 1. The smallest absolute Gasteiger partial charge is 0.338 e. The van der Waals surface area contributed by atoms with Crippen LogP contribution < -0.4 is 5.32 Å². The Bertz CT molecular complexity index is 1030. The first kappa shape index (κ1) is 20.1. The zero-order valence-electron chi connectivity index (χ0n) is 17.1. The van der Waals surface area contributed by atoms with Gasteiger partial charge in [-0.1, -0.05) is 49.2 Å². The highest BCUT2D eigenvalue weighted by Crippen LogP contribution is 2.23. The molecule has 1 aliphatic rings. The predicted octanol–water partition coefficient (Wildman–Crippen LogP) is 3.33. The Morgan fingerprint density at radius 3 is 2.67 bits per heavy atom. The number of para-hydroxylation sites is 1. The van der Waals surface area contributed by atoms with E-state index in [2.05, 4.69) is 22.6 Å². The molecule has 0 saturated heterocycles. The van der Waals surface area contributed by atoms with Crippen molar-refractivity contribution in [3.05, 3.63) is 59.7 Å². The van der Waals surface area contributed by atoms with Gasteiger partial charge in [0.2, 0.25) is 0 Å². The fourth-order valence-corrected chi connectivity index (χ4v) is 3.95. The van der Waals surface area contributed by atoms with E-state index in [0.29, 0.717) is 18.0 Å². The number of amides is 1. The van der Waals surface area contributed by atoms with Crippen LogP contribution in [-0.2, 0) is 16.1 Å². The van der Waals surface area contributed by atoms with Crippen LogP contribution in [0.1, 0.15) is 48.5 Å². The van der Waals surface area contributed by atoms with Crippen LogP contribution in [0.5, 0.6) is 0 Å². The van der Waals surface area contributed by atoms with Crippen molar-refractivity contribution in [1.82, 2.24) is 20.3 Å². The quantitative estimate of drug-likeness (QED) is 0.635. The minimum absolute atomic E-state index is 0.178. The molecule has 7 nitrogen and oxygen atoms in total. The van der Waals surface area contributed by atoms with Gasteiger partial charge in [-0.2, -0.15) is 0 Å². The van der Waals surface area contributed by atoms with E-state index in [1.165, 1.54) is 6.42 Å². The first-order valence-corrected chi connectivity index (χ1v) is 10.4. The van der Waals surface area contributed by atoms with Crippen molar-refractivity contribution in [1.29, 1.82) is 0 Å². The molecule has 2 atom stereocenters. The number of hydrogen-bond donors (Lipinski definition) is 1. The van der Waals surface area contributed by atoms with E-state index in [1.807, 2.05) is 41.1 Å². The molecule has 0 spiro atoms. The van der Waals surface area contributed by atoms with Crippen LogP contribution in [0.3, 0.4) is 0 Å². The van der Waals surface area contributed by atoms with Crippen LogP contribution in [0, 0.1) is 5.92 Å². The summed E-state index contributed by atoms with van der Waals surface area (Å²) in [5.41, 5.74) is 3.21. The summed E-state index contributed by atoms with van der Waals surface area (Å²) in [6.45, 7) is 2.45. The molecule has 30 heavy (non-hydrogen) atoms. The van der Waals surface area contributed by atoms with Crippen LogP contribution in [0.15, 0.2) is 48.5 Å². The summed E-state index contributed by atoms with van der Waals surface area (Å²) in [7, 11) is 0. The Labute approximate surface area is 175 Å². The maximum Gasteiger partial charge on any atom is 0.338 e. The molecular weight excluding hydrogens is 380 g/mol. The molecule has 0 unspecified atom stereocenters. The average molecular weight is 406 g/mol. The molecule has 156 valence electrons. The molecule has 0 aliphatic heterocycles. The van der Waals surface area contributed by atoms with Crippen LogP contribution >= 0.6 is 0 Å². The lowest BCUT2D eigenvalue weighted by Crippen LogP contribution is -2.42. The van der Waals surface area contributed by atoms with Gasteiger partial charge in [-0.15, -0.1) is 5.10 Å². The van der Waals surface area contributed by atoms with E-state index in [1.54, 1.807) is 12.1 Å². The van der Waals surface area contributed by atoms with E-state index in [-0.39, 0.29) is 18.6 Å². The first-order valence-electron chi connectivity index (χ1n) is 10.4. The monoisotopic (exact) mass is 406 g/mol. The van der Waals surface area contributed by atoms with Gasteiger partial charge in [0.05, 0.1) is 17.6 Å². The molecule has 1 heterocycles. The zero-order valence-corrected chi connectivity index (χ0v) is 17.1. The zero-order chi connectivity index (χ0) is 20.9. The summed E-state index contributed by atoms with van der Waals surface area (Å²) in [5, 5.41) is 11.3. The lowest BCUT2D eigenvalue weighted by atomic mass is 9.86. The lowest BCUT2D eigenvalue weighted by Gasteiger charge is -2.29. The van der Waals surface area contributed by atoms with Gasteiger partial charge < -0.3 is 10.1 Å². The molecule has 4 rings (SSSR count). The van der Waals surface area contributed by atoms with Crippen molar-refractivity contribution in [2.45, 2.75) is 45.2 Å². The maximum absolute atomic E-state index is 12.3. The fraction of sp³-hybridized carbons (Fsp3) is 0.391. The summed E-state index contributed by atoms with van der Waals surface area (Å²) in [6, 6.07) is 15.1. The van der Waals surface area contributed by atoms with Gasteiger partial charge in [0.1, 0.15) is 5.52 Å². The fourth-order valence-electron chi connectivity index (χ4n) is 3.95. The summed E-state index contributed by atoms with van der Waals surface area (Å²) in [4.78, 5) is 24.4. The summed E-state index contributed by atoms with van der Waals surface area (Å²) in [6.07, 6.45) is 4.46. The number of ether oxygens (including phenoxy) is 1. The first-order chi connectivity index (χ1) is 14.6. The normalized spacial score (nSPS) is 18.8. The molecule has 1 saturated carbocycles. The third kappa shape index (κ3) is 4.67. The molecule has 7 heteroatoms. The summed E-state index contributed by atoms with van der Waals surface area (Å²) >= 11 is 0. The van der Waals surface area contributed by atoms with Gasteiger partial charge in [-0.05, 0) is 48.6 Å². The van der Waals surface area contributed by atoms with Gasteiger partial charge in [0, 0.05) is 6.04 Å². The number of rotatable bonds is 6. The Kier molecular flexibility index (Phi) is 6.07. The number of nitrogens with one attached hydrogen (secondary N) is 1. The number of benzene rings is 2. The van der Waals surface area contributed by atoms with E-state index >= 15 is 0 Å². The van der Waals surface area contributed by atoms with Crippen molar-refractivity contribution in [3.63, 3.8) is 0 Å². The van der Waals surface area contributed by atoms with Gasteiger partial charge >= 0.3 is 5.97 Å². The molecule has 0 radical (unpaired) electrons. The SMILES string of the molecule is C[C@@H]1CCCC[C@H]1NC(=O)COC(=O)c1ccc(Cn2nnc3ccccc32)cc1. The van der Waals surface area contributed by atoms with Gasteiger partial charge in [-0.25, -0.2) is 9.48 Å². The molecule has 2 aromatic carbocycles. The molecule has 1 aromatic heterocycles. The highest BCUT2D eigenvalue weighted by molar-refractivity contribution is 5.91. The summed E-state index contributed by atoms with van der Waals surface area (Å²) < 4.78 is 7.01. The van der Waals surface area contributed by atoms with E-state index in [0.717, 1.165) is 35.9 Å². The molecular formula is C23H26N4O3. The Morgan fingerprint density at radius 2 is 1.87 bits per heavy atom. The van der Waals surface area contributed by atoms with E-state index in [4.69, 9.17) is 4.74 Å². The van der Waals surface area contributed by atoms with Gasteiger partial charge in [0.15, 0.2) is 6.61 Å². The highest BCUT2D eigenvalue weighted by Gasteiger charge is 2.23. The Morgan fingerprint density at radius 1 is 1.10 bits per heavy atom. The second kappa shape index (κ2) is 9.07. The number of aromatic nitrogens is 3. The minimum atomic E-state index is -0.500. The number of nitrogens with zero attached hydrogens (tertiary/aromatic N) is 3. The van der Waals surface area contributed by atoms with Crippen molar-refractivity contribution in [3.8, 4) is 0 Å². The minimum Gasteiger partial charge on any atom is -0.452 e. The number of carbonyl (C=O) groups is 2. The van der Waals surface area contributed by atoms with Gasteiger partial charge in [-0.3, -0.25) is 4.79 Å². The average Bonchev–Trinajstić information content (AvgIpc) is 3.17. The molecule has 3 aromatic rings. The van der Waals surface area contributed by atoms with Crippen LogP contribution in [0.4, 0.5) is 0 Å². The standard InChI is InChI=1S/C23H26N4O3/c1-16-6-2-3-7-19(16)24-22(28)15-30-23(29)18-12-10-17(11-13-18)14-27-21-9-5-4-8-20(21)25-26-27/h4-5,8-13,16,19H,2-3,6-7,14-15H2,1H3,(H,24,28)/t16-,19-/m1/s1. The number of hydrogen-bond acceptors (Lipinski definition) is 5. The lowest BCUT2D eigenvalue weighted by molar-refractivity contribution is -0.125. The molecule has 1 amide bonds. The predicted molar refractivity (Wildman–Crippen MR) is 113 cm³/mol. The second-order valence-electron chi connectivity index (χ2n) is 7.94. The molecule has 0 bridgehead atoms. The largest absolute Gasteiger partial charge is 0.452 e. The number of fused-ring (bicyclic) bond motifs is 1. The third-order valence-electron chi connectivity index (χ3n) is 5.73. The van der Waals surface area contributed by atoms with Gasteiger partial charge in [0.25, 0.3) is 5.91 Å². The van der Waals surface area contributed by atoms with Crippen molar-refractivity contribution in [2.75, 3.05) is 6.61 Å². The van der Waals surface area contributed by atoms with Crippen molar-refractivity contribution in [2.24, 2.45) is 5.92 Å². The molecule has 1 aliphatic carbocycles. The summed E-state index contributed by atoms with van der Waals surface area (Å²) in [5.74, 6) is -0.274. The second-order valence-corrected chi connectivity index (χ2v) is 7.94. The van der Waals surface area contributed by atoms with E-state index in [9.17, 15) is 9.59 Å². The molecule has 1 N–H and O–H groups in total. The Balaban J connectivity index is 1.30. The molecule has 1 fully saturated rings. The third-order valence-corrected chi connectivity index (χ3v) is 5.73. The van der Waals surface area contributed by atoms with Crippen molar-refractivity contribution < 1.29 is 14.3 Å². The highest BCUT2D eigenvalue weighted by atomic mass is 16.5. The van der Waals surface area contributed by atoms with E-state index < -0.39 is 5.97 Å². The maximum atomic E-state index is 12.3. The Hall–Kier alpha value is -3.22.